The van der Waals surface area contributed by atoms with Crippen LogP contribution in [0.15, 0.2) is 34.6 Å². The number of rotatable bonds is 4. The summed E-state index contributed by atoms with van der Waals surface area (Å²) >= 11 is 1.54. The number of aromatic nitrogens is 1. The summed E-state index contributed by atoms with van der Waals surface area (Å²) in [7, 11) is 1.24. The second kappa shape index (κ2) is 5.71. The molecule has 0 saturated carbocycles. The Kier molecular flexibility index (Phi) is 4.01. The van der Waals surface area contributed by atoms with Crippen molar-refractivity contribution in [2.45, 2.75) is 13.0 Å². The fourth-order valence-corrected chi connectivity index (χ4v) is 2.39. The Morgan fingerprint density at radius 2 is 2.26 bits per heavy atom. The molecule has 0 unspecified atom stereocenters. The monoisotopic (exact) mass is 279 g/mol. The number of carbonyl (C=O) groups is 1. The molecule has 0 atom stereocenters. The zero-order chi connectivity index (χ0) is 13.8. The van der Waals surface area contributed by atoms with Crippen LogP contribution in [-0.4, -0.2) is 22.8 Å². The van der Waals surface area contributed by atoms with E-state index in [0.717, 1.165) is 4.88 Å². The van der Waals surface area contributed by atoms with Crippen molar-refractivity contribution in [2.75, 3.05) is 7.11 Å². The molecule has 1 N–H and O–H groups in total. The fraction of sp³-hybridized carbons (Fsp3) is 0.231. The van der Waals surface area contributed by atoms with Gasteiger partial charge in [-0.3, -0.25) is 9.59 Å². The zero-order valence-corrected chi connectivity index (χ0v) is 11.1. The highest BCUT2D eigenvalue weighted by Crippen LogP contribution is 2.15. The highest BCUT2D eigenvalue weighted by Gasteiger charge is 2.14. The normalized spacial score (nSPS) is 10.4. The largest absolute Gasteiger partial charge is 0.507 e. The topological polar surface area (TPSA) is 68.5 Å². The van der Waals surface area contributed by atoms with E-state index < -0.39 is 5.97 Å². The summed E-state index contributed by atoms with van der Waals surface area (Å²) in [5.41, 5.74) is -0.315. The van der Waals surface area contributed by atoms with Gasteiger partial charge in [-0.05, 0) is 17.5 Å². The Morgan fingerprint density at radius 3 is 2.89 bits per heavy atom. The average molecular weight is 279 g/mol. The molecular weight excluding hydrogens is 266 g/mol. The predicted octanol–water partition coefficient (Wildman–Crippen LogP) is 1.38. The minimum atomic E-state index is -0.554. The van der Waals surface area contributed by atoms with Crippen molar-refractivity contribution in [1.82, 2.24) is 4.57 Å². The molecule has 6 heteroatoms. The van der Waals surface area contributed by atoms with Crippen LogP contribution < -0.4 is 5.56 Å². The van der Waals surface area contributed by atoms with Gasteiger partial charge in [0.15, 0.2) is 0 Å². The maximum atomic E-state index is 12.2. The van der Waals surface area contributed by atoms with Crippen molar-refractivity contribution in [2.24, 2.45) is 0 Å². The SMILES string of the molecule is COC(=O)Cc1c(O)ccn(Cc2cccs2)c1=O. The van der Waals surface area contributed by atoms with Crippen LogP contribution in [0.2, 0.25) is 0 Å². The van der Waals surface area contributed by atoms with Crippen molar-refractivity contribution in [3.05, 3.63) is 50.6 Å². The predicted molar refractivity (Wildman–Crippen MR) is 71.5 cm³/mol. The lowest BCUT2D eigenvalue weighted by Crippen LogP contribution is -2.25. The summed E-state index contributed by atoms with van der Waals surface area (Å²) in [6.07, 6.45) is 1.28. The summed E-state index contributed by atoms with van der Waals surface area (Å²) in [5, 5.41) is 11.6. The molecule has 2 aromatic heterocycles. The highest BCUT2D eigenvalue weighted by atomic mass is 32.1. The lowest BCUT2D eigenvalue weighted by atomic mass is 10.2. The Bertz CT molecular complexity index is 631. The molecule has 0 fully saturated rings. The van der Waals surface area contributed by atoms with Crippen LogP contribution in [0.1, 0.15) is 10.4 Å². The van der Waals surface area contributed by atoms with E-state index in [0.29, 0.717) is 6.54 Å². The summed E-state index contributed by atoms with van der Waals surface area (Å²) in [6.45, 7) is 0.422. The number of hydrogen-bond donors (Lipinski definition) is 1. The molecule has 100 valence electrons. The van der Waals surface area contributed by atoms with Crippen molar-refractivity contribution in [3.63, 3.8) is 0 Å². The second-order valence-electron chi connectivity index (χ2n) is 3.94. The van der Waals surface area contributed by atoms with Crippen molar-refractivity contribution >= 4 is 17.3 Å². The first-order valence-corrected chi connectivity index (χ1v) is 6.50. The van der Waals surface area contributed by atoms with Gasteiger partial charge in [0.05, 0.1) is 25.6 Å². The molecule has 0 amide bonds. The lowest BCUT2D eigenvalue weighted by Gasteiger charge is -2.08. The quantitative estimate of drug-likeness (QED) is 0.858. The number of thiophene rings is 1. The maximum absolute atomic E-state index is 12.2. The van der Waals surface area contributed by atoms with Crippen LogP contribution in [0.3, 0.4) is 0 Å². The minimum Gasteiger partial charge on any atom is -0.507 e. The Labute approximate surface area is 113 Å². The second-order valence-corrected chi connectivity index (χ2v) is 4.98. The van der Waals surface area contributed by atoms with E-state index in [1.54, 1.807) is 11.3 Å². The van der Waals surface area contributed by atoms with Crippen LogP contribution in [0.25, 0.3) is 0 Å². The first kappa shape index (κ1) is 13.4. The van der Waals surface area contributed by atoms with E-state index in [2.05, 4.69) is 4.74 Å². The first-order chi connectivity index (χ1) is 9.11. The van der Waals surface area contributed by atoms with Gasteiger partial charge in [-0.25, -0.2) is 0 Å². The number of ether oxygens (including phenoxy) is 1. The van der Waals surface area contributed by atoms with E-state index in [1.807, 2.05) is 17.5 Å². The number of nitrogens with zero attached hydrogens (tertiary/aromatic N) is 1. The molecule has 0 aliphatic carbocycles. The van der Waals surface area contributed by atoms with Gasteiger partial charge in [0, 0.05) is 11.1 Å². The Morgan fingerprint density at radius 1 is 1.47 bits per heavy atom. The summed E-state index contributed by atoms with van der Waals surface area (Å²) in [4.78, 5) is 24.4. The summed E-state index contributed by atoms with van der Waals surface area (Å²) in [5.74, 6) is -0.737. The number of esters is 1. The van der Waals surface area contributed by atoms with Gasteiger partial charge in [-0.15, -0.1) is 11.3 Å². The van der Waals surface area contributed by atoms with Crippen LogP contribution in [0.4, 0.5) is 0 Å². The van der Waals surface area contributed by atoms with E-state index in [9.17, 15) is 14.7 Å². The van der Waals surface area contributed by atoms with E-state index >= 15 is 0 Å². The molecule has 2 rings (SSSR count). The summed E-state index contributed by atoms with van der Waals surface area (Å²) < 4.78 is 5.98. The number of methoxy groups -OCH3 is 1. The molecule has 0 radical (unpaired) electrons. The third kappa shape index (κ3) is 3.03. The summed E-state index contributed by atoms with van der Waals surface area (Å²) in [6, 6.07) is 5.23. The van der Waals surface area contributed by atoms with Crippen LogP contribution >= 0.6 is 11.3 Å². The lowest BCUT2D eigenvalue weighted by molar-refractivity contribution is -0.139. The van der Waals surface area contributed by atoms with Crippen LogP contribution in [-0.2, 0) is 22.5 Å². The van der Waals surface area contributed by atoms with E-state index in [-0.39, 0.29) is 23.3 Å². The third-order valence-corrected chi connectivity index (χ3v) is 3.56. The van der Waals surface area contributed by atoms with Gasteiger partial charge in [0.2, 0.25) is 0 Å². The molecule has 0 saturated heterocycles. The Hall–Kier alpha value is -2.08. The van der Waals surface area contributed by atoms with Crippen molar-refractivity contribution < 1.29 is 14.6 Å². The molecule has 0 bridgehead atoms. The molecular formula is C13H13NO4S. The highest BCUT2D eigenvalue weighted by molar-refractivity contribution is 7.09. The number of hydrogen-bond acceptors (Lipinski definition) is 5. The van der Waals surface area contributed by atoms with Gasteiger partial charge in [-0.2, -0.15) is 0 Å². The van der Waals surface area contributed by atoms with Gasteiger partial charge >= 0.3 is 5.97 Å². The van der Waals surface area contributed by atoms with Gasteiger partial charge in [0.25, 0.3) is 5.56 Å². The molecule has 2 aromatic rings. The molecule has 2 heterocycles. The number of carbonyl (C=O) groups excluding carboxylic acids is 1. The zero-order valence-electron chi connectivity index (χ0n) is 10.3. The molecule has 0 aliphatic rings. The molecule has 0 aliphatic heterocycles. The maximum Gasteiger partial charge on any atom is 0.310 e. The molecule has 5 nitrogen and oxygen atoms in total. The molecule has 0 spiro atoms. The third-order valence-electron chi connectivity index (χ3n) is 2.70. The van der Waals surface area contributed by atoms with E-state index in [4.69, 9.17) is 0 Å². The first-order valence-electron chi connectivity index (χ1n) is 5.62. The number of pyridine rings is 1. The standard InChI is InChI=1S/C13H13NO4S/c1-18-12(16)7-10-11(15)4-5-14(13(10)17)8-9-3-2-6-19-9/h2-6,15H,7-8H2,1H3. The van der Waals surface area contributed by atoms with Crippen molar-refractivity contribution in [3.8, 4) is 5.75 Å². The fourth-order valence-electron chi connectivity index (χ4n) is 1.69. The minimum absolute atomic E-state index is 0.0610. The van der Waals surface area contributed by atoms with Crippen molar-refractivity contribution in [1.29, 1.82) is 0 Å². The smallest absolute Gasteiger partial charge is 0.310 e. The number of aromatic hydroxyl groups is 1. The van der Waals surface area contributed by atoms with Crippen LogP contribution in [0.5, 0.6) is 5.75 Å². The Balaban J connectivity index is 2.34. The van der Waals surface area contributed by atoms with Gasteiger partial charge in [-0.1, -0.05) is 6.07 Å². The van der Waals surface area contributed by atoms with Gasteiger partial charge in [0.1, 0.15) is 5.75 Å². The molecule has 0 aromatic carbocycles. The average Bonchev–Trinajstić information content (AvgIpc) is 2.90. The van der Waals surface area contributed by atoms with Crippen LogP contribution in [0, 0.1) is 0 Å². The van der Waals surface area contributed by atoms with Gasteiger partial charge < -0.3 is 14.4 Å². The molecule has 19 heavy (non-hydrogen) atoms. The van der Waals surface area contributed by atoms with E-state index in [1.165, 1.54) is 23.9 Å².